The molecule has 8 aromatic rings. The fourth-order valence-electron chi connectivity index (χ4n) is 7.60. The van der Waals surface area contributed by atoms with Gasteiger partial charge in [0.25, 0.3) is 0 Å². The van der Waals surface area contributed by atoms with Crippen molar-refractivity contribution in [3.05, 3.63) is 228 Å². The van der Waals surface area contributed by atoms with Gasteiger partial charge in [0, 0.05) is 27.8 Å². The van der Waals surface area contributed by atoms with Crippen molar-refractivity contribution < 1.29 is 4.79 Å². The Morgan fingerprint density at radius 2 is 0.804 bits per heavy atom. The van der Waals surface area contributed by atoms with Crippen LogP contribution in [0.2, 0.25) is 0 Å². The molecule has 0 N–H and O–H groups in total. The quantitative estimate of drug-likeness (QED) is 0.180. The van der Waals surface area contributed by atoms with Gasteiger partial charge in [-0.05, 0) is 45.5 Å². The van der Waals surface area contributed by atoms with Crippen molar-refractivity contribution in [2.24, 2.45) is 0 Å². The molecule has 0 amide bonds. The summed E-state index contributed by atoms with van der Waals surface area (Å²) in [6, 6.07) is 66.5. The summed E-state index contributed by atoms with van der Waals surface area (Å²) >= 11 is 0. The van der Waals surface area contributed by atoms with E-state index in [0.717, 1.165) is 72.6 Å². The van der Waals surface area contributed by atoms with Crippen LogP contribution in [0.3, 0.4) is 0 Å². The Labute approximate surface area is 297 Å². The van der Waals surface area contributed by atoms with E-state index in [1.165, 1.54) is 0 Å². The van der Waals surface area contributed by atoms with E-state index in [2.05, 4.69) is 109 Å². The Bertz CT molecular complexity index is 2410. The Hall–Kier alpha value is -6.71. The second-order valence-electron chi connectivity index (χ2n) is 12.9. The Morgan fingerprint density at radius 1 is 0.353 bits per heavy atom. The highest BCUT2D eigenvalue weighted by molar-refractivity contribution is 6.14. The second-order valence-corrected chi connectivity index (χ2v) is 12.9. The monoisotopic (exact) mass is 652 g/mol. The zero-order valence-corrected chi connectivity index (χ0v) is 27.8. The minimum absolute atomic E-state index is 0.0530. The van der Waals surface area contributed by atoms with Crippen molar-refractivity contribution in [3.8, 4) is 45.0 Å². The number of hydrogen-bond donors (Lipinski definition) is 0. The maximum Gasteiger partial charge on any atom is 0.193 e. The summed E-state index contributed by atoms with van der Waals surface area (Å²) in [6.45, 7) is 0. The van der Waals surface area contributed by atoms with Gasteiger partial charge in [0.05, 0.1) is 16.8 Å². The molecule has 1 aromatic heterocycles. The molecule has 3 heteroatoms. The number of carbonyl (C=O) groups is 1. The maximum absolute atomic E-state index is 14.2. The van der Waals surface area contributed by atoms with E-state index in [1.54, 1.807) is 0 Å². The maximum atomic E-state index is 14.2. The van der Waals surface area contributed by atoms with Crippen LogP contribution in [-0.4, -0.2) is 15.8 Å². The summed E-state index contributed by atoms with van der Waals surface area (Å²) in [7, 11) is 0. The normalized spacial score (nSPS) is 12.9. The lowest BCUT2D eigenvalue weighted by Gasteiger charge is -2.42. The zero-order chi connectivity index (χ0) is 34.2. The zero-order valence-electron chi connectivity index (χ0n) is 27.8. The smallest absolute Gasteiger partial charge is 0.193 e. The standard InChI is InChI=1S/C48H32N2O/c51-46-40-23-13-14-24-42(40)48(38-19-9-3-10-20-38,39-21-11-4-12-22-39)43-31-37(29-30-41(43)46)33-25-27-35(28-26-33)45-32-44(34-15-5-1-6-16-34)49-47(50-45)36-17-7-2-8-18-36/h1-32H. The highest BCUT2D eigenvalue weighted by atomic mass is 16.1. The van der Waals surface area contributed by atoms with Crippen molar-refractivity contribution in [1.29, 1.82) is 0 Å². The molecule has 0 radical (unpaired) electrons. The molecule has 51 heavy (non-hydrogen) atoms. The third-order valence-corrected chi connectivity index (χ3v) is 10.00. The first kappa shape index (κ1) is 30.4. The number of aromatic nitrogens is 2. The highest BCUT2D eigenvalue weighted by Crippen LogP contribution is 2.51. The lowest BCUT2D eigenvalue weighted by Crippen LogP contribution is -2.38. The van der Waals surface area contributed by atoms with E-state index in [4.69, 9.17) is 9.97 Å². The van der Waals surface area contributed by atoms with Crippen LogP contribution in [-0.2, 0) is 5.41 Å². The Kier molecular flexibility index (Phi) is 7.52. The number of hydrogen-bond acceptors (Lipinski definition) is 3. The first-order chi connectivity index (χ1) is 25.2. The van der Waals surface area contributed by atoms with E-state index in [0.29, 0.717) is 5.82 Å². The van der Waals surface area contributed by atoms with Crippen molar-refractivity contribution in [1.82, 2.24) is 9.97 Å². The molecule has 0 bridgehead atoms. The van der Waals surface area contributed by atoms with Crippen LogP contribution in [0.1, 0.15) is 38.2 Å². The predicted octanol–water partition coefficient (Wildman–Crippen LogP) is 11.1. The van der Waals surface area contributed by atoms with Crippen molar-refractivity contribution in [2.75, 3.05) is 0 Å². The van der Waals surface area contributed by atoms with Crippen LogP contribution < -0.4 is 0 Å². The van der Waals surface area contributed by atoms with Gasteiger partial charge in [-0.25, -0.2) is 9.97 Å². The van der Waals surface area contributed by atoms with Crippen LogP contribution in [0.15, 0.2) is 194 Å². The van der Waals surface area contributed by atoms with Gasteiger partial charge < -0.3 is 0 Å². The first-order valence-electron chi connectivity index (χ1n) is 17.2. The molecular formula is C48H32N2O. The van der Waals surface area contributed by atoms with Crippen LogP contribution >= 0.6 is 0 Å². The van der Waals surface area contributed by atoms with Crippen molar-refractivity contribution in [2.45, 2.75) is 5.41 Å². The van der Waals surface area contributed by atoms with Crippen LogP contribution in [0.4, 0.5) is 0 Å². The van der Waals surface area contributed by atoms with E-state index < -0.39 is 5.41 Å². The van der Waals surface area contributed by atoms with E-state index in [1.807, 2.05) is 84.9 Å². The second kappa shape index (κ2) is 12.6. The third-order valence-electron chi connectivity index (χ3n) is 10.00. The molecule has 0 spiro atoms. The van der Waals surface area contributed by atoms with Gasteiger partial charge in [-0.2, -0.15) is 0 Å². The predicted molar refractivity (Wildman–Crippen MR) is 206 cm³/mol. The molecule has 1 aliphatic carbocycles. The average Bonchev–Trinajstić information content (AvgIpc) is 3.22. The summed E-state index contributed by atoms with van der Waals surface area (Å²) in [5.41, 5.74) is 11.9. The first-order valence-corrected chi connectivity index (χ1v) is 17.2. The summed E-state index contributed by atoms with van der Waals surface area (Å²) in [5.74, 6) is 0.742. The molecule has 0 saturated carbocycles. The van der Waals surface area contributed by atoms with E-state index in [-0.39, 0.29) is 5.78 Å². The van der Waals surface area contributed by atoms with E-state index >= 15 is 0 Å². The minimum atomic E-state index is -0.680. The average molecular weight is 653 g/mol. The van der Waals surface area contributed by atoms with Gasteiger partial charge >= 0.3 is 0 Å². The molecular weight excluding hydrogens is 621 g/mol. The number of ketones is 1. The molecule has 0 atom stereocenters. The van der Waals surface area contributed by atoms with Gasteiger partial charge in [0.2, 0.25) is 0 Å². The molecule has 9 rings (SSSR count). The van der Waals surface area contributed by atoms with Gasteiger partial charge in [0.15, 0.2) is 11.6 Å². The third kappa shape index (κ3) is 5.19. The molecule has 1 heterocycles. The number of nitrogens with zero attached hydrogens (tertiary/aromatic N) is 2. The summed E-state index contributed by atoms with van der Waals surface area (Å²) < 4.78 is 0. The van der Waals surface area contributed by atoms with Crippen LogP contribution in [0, 0.1) is 0 Å². The van der Waals surface area contributed by atoms with Gasteiger partial charge in [-0.3, -0.25) is 4.79 Å². The molecule has 240 valence electrons. The van der Waals surface area contributed by atoms with Gasteiger partial charge in [-0.15, -0.1) is 0 Å². The topological polar surface area (TPSA) is 42.9 Å². The number of fused-ring (bicyclic) bond motifs is 2. The molecule has 0 fully saturated rings. The SMILES string of the molecule is O=C1c2ccccc2C(c2ccccc2)(c2ccccc2)c2cc(-c3ccc(-c4cc(-c5ccccc5)nc(-c5ccccc5)n4)cc3)ccc21. The van der Waals surface area contributed by atoms with Crippen LogP contribution in [0.25, 0.3) is 45.0 Å². The van der Waals surface area contributed by atoms with Gasteiger partial charge in [0.1, 0.15) is 0 Å². The number of rotatable bonds is 6. The molecule has 7 aromatic carbocycles. The lowest BCUT2D eigenvalue weighted by molar-refractivity contribution is 0.103. The summed E-state index contributed by atoms with van der Waals surface area (Å²) in [5, 5.41) is 0. The molecule has 0 aliphatic heterocycles. The molecule has 1 aliphatic rings. The minimum Gasteiger partial charge on any atom is -0.289 e. The molecule has 3 nitrogen and oxygen atoms in total. The van der Waals surface area contributed by atoms with Crippen molar-refractivity contribution in [3.63, 3.8) is 0 Å². The largest absolute Gasteiger partial charge is 0.289 e. The Balaban J connectivity index is 1.19. The summed E-state index contributed by atoms with van der Waals surface area (Å²) in [4.78, 5) is 24.1. The number of carbonyl (C=O) groups excluding carboxylic acids is 1. The lowest BCUT2D eigenvalue weighted by atomic mass is 9.59. The van der Waals surface area contributed by atoms with Crippen LogP contribution in [0.5, 0.6) is 0 Å². The van der Waals surface area contributed by atoms with E-state index in [9.17, 15) is 4.79 Å². The fraction of sp³-hybridized carbons (Fsp3) is 0.0208. The van der Waals surface area contributed by atoms with Crippen molar-refractivity contribution >= 4 is 5.78 Å². The fourth-order valence-corrected chi connectivity index (χ4v) is 7.60. The summed E-state index contributed by atoms with van der Waals surface area (Å²) in [6.07, 6.45) is 0. The highest BCUT2D eigenvalue weighted by Gasteiger charge is 2.46. The number of benzene rings is 7. The molecule has 0 unspecified atom stereocenters. The molecule has 0 saturated heterocycles. The van der Waals surface area contributed by atoms with Gasteiger partial charge in [-0.1, -0.05) is 182 Å². The Morgan fingerprint density at radius 3 is 1.41 bits per heavy atom.